The van der Waals surface area contributed by atoms with Crippen LogP contribution in [0.15, 0.2) is 60.7 Å². The first-order valence-corrected chi connectivity index (χ1v) is 25.7. The minimum Gasteiger partial charge on any atom is -0.493 e. The van der Waals surface area contributed by atoms with E-state index in [0.717, 1.165) is 36.1 Å². The van der Waals surface area contributed by atoms with Gasteiger partial charge in [-0.25, -0.2) is 9.59 Å². The third-order valence-electron chi connectivity index (χ3n) is 14.3. The number of esters is 2. The highest BCUT2D eigenvalue weighted by Crippen LogP contribution is 2.45. The number of halogens is 6. The third kappa shape index (κ3) is 17.9. The summed E-state index contributed by atoms with van der Waals surface area (Å²) in [7, 11) is 17.1. The van der Waals surface area contributed by atoms with Gasteiger partial charge in [-0.05, 0) is 84.5 Å². The Morgan fingerprint density at radius 2 is 0.878 bits per heavy atom. The van der Waals surface area contributed by atoms with Gasteiger partial charge in [0, 0.05) is 36.0 Å². The Kier molecular flexibility index (Phi) is 24.3. The van der Waals surface area contributed by atoms with Crippen molar-refractivity contribution in [3.05, 3.63) is 94.0 Å². The van der Waals surface area contributed by atoms with Crippen LogP contribution in [0.2, 0.25) is 0 Å². The maximum Gasteiger partial charge on any atom is 0.490 e. The lowest BCUT2D eigenvalue weighted by Crippen LogP contribution is -2.55. The Morgan fingerprint density at radius 1 is 0.512 bits per heavy atom. The molecule has 82 heavy (non-hydrogen) atoms. The molecule has 25 heteroatoms. The van der Waals surface area contributed by atoms with Crippen molar-refractivity contribution in [2.45, 2.75) is 75.8 Å². The lowest BCUT2D eigenvalue weighted by atomic mass is 9.85. The quantitative estimate of drug-likeness (QED) is 0.0289. The molecule has 4 atom stereocenters. The van der Waals surface area contributed by atoms with E-state index in [0.29, 0.717) is 99.3 Å². The molecular weight excluding hydrogens is 1100 g/mol. The first-order valence-electron chi connectivity index (χ1n) is 25.7. The summed E-state index contributed by atoms with van der Waals surface area (Å²) in [5.41, 5.74) is 5.86. The minimum atomic E-state index is -5.08. The van der Waals surface area contributed by atoms with Crippen molar-refractivity contribution in [1.82, 2.24) is 0 Å². The molecule has 6 rings (SSSR count). The topological polar surface area (TPSA) is 218 Å². The molecule has 0 spiro atoms. The first-order chi connectivity index (χ1) is 38.6. The number of aliphatic carboxylic acids is 2. The third-order valence-corrected chi connectivity index (χ3v) is 14.3. The summed E-state index contributed by atoms with van der Waals surface area (Å²) in [5.74, 6) is -1.17. The number of carboxylic acids is 2. The molecule has 0 fully saturated rings. The second-order valence-electron chi connectivity index (χ2n) is 19.6. The zero-order chi connectivity index (χ0) is 61.2. The molecule has 0 aliphatic carbocycles. The van der Waals surface area contributed by atoms with Gasteiger partial charge in [0.25, 0.3) is 0 Å². The standard InChI is InChI=1S/C53H70N2O13.2C2HF3O2/c1-54(21-18-37-30-48(63-7)49(64-8)31-38(37)41(54)26-35-14-16-44(59-3)46(28-35)61-5)22-19-52(57)67-24-12-11-13-25-68-53(58)20-23-55(2)34-43(56)40-33-51(66-10)50(65-9)32-39(40)42(55)27-36-15-17-45(60-4)47(29-36)62-6;2*3-2(4,5)1(6)7/h14-17,28-33,41-42H,11-13,18-27,34H2,1-10H3;2*(H,6,7)/q+2;;/t41-,42-,54-,55+;;/m1../s1. The number of benzene rings is 4. The predicted molar refractivity (Wildman–Crippen MR) is 283 cm³/mol. The van der Waals surface area contributed by atoms with E-state index in [4.69, 9.17) is 67.2 Å². The maximum absolute atomic E-state index is 13.7. The fraction of sp³-hybridized carbons (Fsp3) is 0.491. The summed E-state index contributed by atoms with van der Waals surface area (Å²) in [5, 5.41) is 14.2. The lowest BCUT2D eigenvalue weighted by molar-refractivity contribution is -0.940. The van der Waals surface area contributed by atoms with Gasteiger partial charge in [-0.3, -0.25) is 14.4 Å². The largest absolute Gasteiger partial charge is 0.493 e. The molecule has 0 unspecified atom stereocenters. The van der Waals surface area contributed by atoms with Crippen molar-refractivity contribution in [3.63, 3.8) is 0 Å². The number of ether oxygens (including phenoxy) is 10. The number of alkyl halides is 6. The Hall–Kier alpha value is -7.67. The SMILES string of the molecule is COc1ccc(C[C@@H]2c3cc(OC)c(OC)cc3CC[N@+]2(C)CCC(=O)OCCCCCOC(=O)CC[N@@+]2(C)CC(=O)c3cc(OC)c(OC)cc3[C@H]2Cc2ccc(OC)c(OC)c2)cc1OC.O=C(O)C(F)(F)F.O=C(O)C(F)(F)F. The number of quaternary nitrogens is 2. The van der Waals surface area contributed by atoms with Gasteiger partial charge >= 0.3 is 36.2 Å². The normalized spacial score (nSPS) is 18.1. The second-order valence-corrected chi connectivity index (χ2v) is 19.6. The lowest BCUT2D eigenvalue weighted by Gasteiger charge is -2.46. The summed E-state index contributed by atoms with van der Waals surface area (Å²) < 4.78 is 121. The summed E-state index contributed by atoms with van der Waals surface area (Å²) in [4.78, 5) is 57.9. The predicted octanol–water partition coefficient (Wildman–Crippen LogP) is 8.97. The zero-order valence-electron chi connectivity index (χ0n) is 47.5. The number of hydrogen-bond acceptors (Lipinski definition) is 15. The van der Waals surface area contributed by atoms with E-state index in [2.05, 4.69) is 25.2 Å². The Balaban J connectivity index is 0.000000914. The van der Waals surface area contributed by atoms with Gasteiger partial charge in [0.2, 0.25) is 5.78 Å². The van der Waals surface area contributed by atoms with E-state index in [1.54, 1.807) is 62.9 Å². The fourth-order valence-electron chi connectivity index (χ4n) is 9.82. The van der Waals surface area contributed by atoms with Crippen LogP contribution in [0.1, 0.15) is 82.4 Å². The first kappa shape index (κ1) is 66.8. The summed E-state index contributed by atoms with van der Waals surface area (Å²) in [6.45, 7) is 2.55. The van der Waals surface area contributed by atoms with Crippen LogP contribution in [0.3, 0.4) is 0 Å². The van der Waals surface area contributed by atoms with Crippen LogP contribution in [0.25, 0.3) is 0 Å². The van der Waals surface area contributed by atoms with E-state index in [1.807, 2.05) is 43.4 Å². The van der Waals surface area contributed by atoms with Crippen LogP contribution in [-0.4, -0.2) is 172 Å². The van der Waals surface area contributed by atoms with E-state index in [9.17, 15) is 40.7 Å². The molecule has 4 aromatic rings. The molecule has 2 aliphatic rings. The number of carbonyl (C=O) groups is 5. The Labute approximate surface area is 471 Å². The molecule has 4 aromatic carbocycles. The number of carbonyl (C=O) groups excluding carboxylic acids is 3. The molecule has 0 aromatic heterocycles. The molecule has 452 valence electrons. The Morgan fingerprint density at radius 3 is 1.29 bits per heavy atom. The molecule has 2 heterocycles. The van der Waals surface area contributed by atoms with E-state index in [-0.39, 0.29) is 62.4 Å². The highest BCUT2D eigenvalue weighted by atomic mass is 19.4. The number of hydrogen-bond donors (Lipinski definition) is 2. The second kappa shape index (κ2) is 29.9. The number of fused-ring (bicyclic) bond motifs is 2. The number of likely N-dealkylation sites (N-methyl/N-ethyl adjacent to an activating group) is 2. The number of Topliss-reactive ketones (excluding diaryl/α,β-unsaturated/α-hetero) is 1. The van der Waals surface area contributed by atoms with E-state index in [1.165, 1.54) is 11.1 Å². The fourth-order valence-corrected chi connectivity index (χ4v) is 9.82. The van der Waals surface area contributed by atoms with Crippen LogP contribution >= 0.6 is 0 Å². The molecule has 0 bridgehead atoms. The number of nitrogens with zero attached hydrogens (tertiary/aromatic N) is 2. The van der Waals surface area contributed by atoms with E-state index >= 15 is 0 Å². The van der Waals surface area contributed by atoms with Crippen molar-refractivity contribution < 1.29 is 117 Å². The van der Waals surface area contributed by atoms with Crippen molar-refractivity contribution in [3.8, 4) is 46.0 Å². The minimum absolute atomic E-state index is 0.0231. The average molecular weight is 1170 g/mol. The highest BCUT2D eigenvalue weighted by molar-refractivity contribution is 6.00. The smallest absolute Gasteiger partial charge is 0.490 e. The molecule has 0 radical (unpaired) electrons. The maximum atomic E-state index is 13.7. The van der Waals surface area contributed by atoms with Crippen molar-refractivity contribution in [2.75, 3.05) is 110 Å². The van der Waals surface area contributed by atoms with Crippen LogP contribution in [0.4, 0.5) is 26.3 Å². The van der Waals surface area contributed by atoms with Gasteiger partial charge in [0.1, 0.15) is 18.6 Å². The molecular formula is C57H72F6N2O17+2. The van der Waals surface area contributed by atoms with Crippen LogP contribution in [-0.2, 0) is 47.9 Å². The van der Waals surface area contributed by atoms with Gasteiger partial charge in [0.15, 0.2) is 46.0 Å². The van der Waals surface area contributed by atoms with Crippen molar-refractivity contribution in [1.29, 1.82) is 0 Å². The van der Waals surface area contributed by atoms with Crippen LogP contribution in [0.5, 0.6) is 46.0 Å². The molecule has 0 amide bonds. The van der Waals surface area contributed by atoms with Gasteiger partial charge in [-0.1, -0.05) is 12.1 Å². The van der Waals surface area contributed by atoms with Gasteiger partial charge < -0.3 is 66.5 Å². The number of carboxylic acid groups (broad SMARTS) is 2. The highest BCUT2D eigenvalue weighted by Gasteiger charge is 2.45. The molecule has 0 saturated heterocycles. The summed E-state index contributed by atoms with van der Waals surface area (Å²) in [6.07, 6.45) is -5.67. The van der Waals surface area contributed by atoms with Crippen LogP contribution in [0, 0.1) is 0 Å². The number of rotatable bonds is 24. The monoisotopic (exact) mass is 1170 g/mol. The number of ketones is 1. The van der Waals surface area contributed by atoms with Gasteiger partial charge in [-0.2, -0.15) is 26.3 Å². The average Bonchev–Trinajstić information content (AvgIpc) is 3.24. The number of unbranched alkanes of at least 4 members (excludes halogenated alkanes) is 2. The zero-order valence-corrected chi connectivity index (χ0v) is 47.5. The van der Waals surface area contributed by atoms with Crippen molar-refractivity contribution in [2.24, 2.45) is 0 Å². The van der Waals surface area contributed by atoms with E-state index < -0.39 is 24.3 Å². The van der Waals surface area contributed by atoms with Crippen molar-refractivity contribution >= 4 is 29.7 Å². The van der Waals surface area contributed by atoms with Crippen LogP contribution < -0.4 is 37.9 Å². The van der Waals surface area contributed by atoms with Gasteiger partial charge in [-0.15, -0.1) is 0 Å². The molecule has 2 aliphatic heterocycles. The summed E-state index contributed by atoms with van der Waals surface area (Å²) >= 11 is 0. The molecule has 0 saturated carbocycles. The molecule has 2 N–H and O–H groups in total. The molecule has 19 nitrogen and oxygen atoms in total. The Bertz CT molecular complexity index is 2820. The van der Waals surface area contributed by atoms with Gasteiger partial charge in [0.05, 0.1) is 117 Å². The summed E-state index contributed by atoms with van der Waals surface area (Å²) in [6, 6.07) is 19.4. The number of methoxy groups -OCH3 is 8.